The Bertz CT molecular complexity index is 1180. The third-order valence-corrected chi connectivity index (χ3v) is 6.31. The van der Waals surface area contributed by atoms with Gasteiger partial charge in [0.15, 0.2) is 18.1 Å². The summed E-state index contributed by atoms with van der Waals surface area (Å²) in [7, 11) is 0. The number of esters is 1. The lowest BCUT2D eigenvalue weighted by atomic mass is 9.95. The maximum atomic E-state index is 12.5. The van der Waals surface area contributed by atoms with E-state index in [2.05, 4.69) is 15.8 Å². The maximum Gasteiger partial charge on any atom is 0.341 e. The maximum absolute atomic E-state index is 12.5. The van der Waals surface area contributed by atoms with Crippen molar-refractivity contribution in [2.75, 3.05) is 25.1 Å². The van der Waals surface area contributed by atoms with Gasteiger partial charge < -0.3 is 25.3 Å². The Morgan fingerprint density at radius 3 is 2.56 bits per heavy atom. The lowest BCUT2D eigenvalue weighted by Crippen LogP contribution is -2.32. The van der Waals surface area contributed by atoms with Gasteiger partial charge in [-0.2, -0.15) is 5.10 Å². The van der Waals surface area contributed by atoms with Crippen molar-refractivity contribution in [1.82, 2.24) is 5.43 Å². The molecule has 0 saturated heterocycles. The highest BCUT2D eigenvalue weighted by atomic mass is 32.1. The zero-order valence-corrected chi connectivity index (χ0v) is 20.9. The number of hydrazone groups is 1. The molecule has 4 N–H and O–H groups in total. The van der Waals surface area contributed by atoms with Gasteiger partial charge in [0.1, 0.15) is 5.00 Å². The molecule has 0 radical (unpaired) electrons. The van der Waals surface area contributed by atoms with Crippen LogP contribution in [0.25, 0.3) is 0 Å². The summed E-state index contributed by atoms with van der Waals surface area (Å²) in [6.45, 7) is 3.75. The largest absolute Gasteiger partial charge is 0.490 e. The van der Waals surface area contributed by atoms with E-state index in [4.69, 9.17) is 19.9 Å². The Morgan fingerprint density at radius 1 is 1.06 bits per heavy atom. The second-order valence-corrected chi connectivity index (χ2v) is 8.79. The molecule has 0 aliphatic heterocycles. The number of benzene rings is 1. The van der Waals surface area contributed by atoms with E-state index in [0.717, 1.165) is 36.1 Å². The number of aryl methyl sites for hydroxylation is 1. The number of amides is 3. The number of hydrogen-bond acceptors (Lipinski definition) is 9. The van der Waals surface area contributed by atoms with Crippen LogP contribution in [0.3, 0.4) is 0 Å². The molecule has 1 aliphatic rings. The van der Waals surface area contributed by atoms with E-state index in [0.29, 0.717) is 34.2 Å². The van der Waals surface area contributed by atoms with Crippen LogP contribution in [0.4, 0.5) is 5.00 Å². The average Bonchev–Trinajstić information content (AvgIpc) is 3.21. The molecule has 0 unspecified atom stereocenters. The fraction of sp³-hybridized carbons (Fsp3) is 0.375. The second-order valence-electron chi connectivity index (χ2n) is 7.68. The SMILES string of the molecule is CCOC(=O)c1c(NC(=O)C(=O)N/N=C/c2ccc(OCC(N)=O)c(OCC)c2)sc2c1CCCC2. The highest BCUT2D eigenvalue weighted by molar-refractivity contribution is 7.17. The number of rotatable bonds is 10. The molecule has 0 atom stereocenters. The number of hydrogen-bond donors (Lipinski definition) is 3. The highest BCUT2D eigenvalue weighted by Gasteiger charge is 2.28. The van der Waals surface area contributed by atoms with Gasteiger partial charge in [-0.05, 0) is 68.9 Å². The van der Waals surface area contributed by atoms with E-state index in [1.54, 1.807) is 32.0 Å². The van der Waals surface area contributed by atoms with Crippen LogP contribution in [-0.2, 0) is 32.0 Å². The number of nitrogens with two attached hydrogens (primary N) is 1. The van der Waals surface area contributed by atoms with Gasteiger partial charge in [0.2, 0.25) is 0 Å². The minimum atomic E-state index is -1.00. The third-order valence-electron chi connectivity index (χ3n) is 5.10. The molecule has 0 fully saturated rings. The Labute approximate surface area is 212 Å². The van der Waals surface area contributed by atoms with Gasteiger partial charge in [-0.15, -0.1) is 11.3 Å². The predicted molar refractivity (Wildman–Crippen MR) is 134 cm³/mol. The predicted octanol–water partition coefficient (Wildman–Crippen LogP) is 2.16. The van der Waals surface area contributed by atoms with Crippen molar-refractivity contribution >= 4 is 46.2 Å². The molecule has 1 aliphatic carbocycles. The van der Waals surface area contributed by atoms with Crippen LogP contribution in [0.5, 0.6) is 11.5 Å². The molecule has 3 amide bonds. The summed E-state index contributed by atoms with van der Waals surface area (Å²) < 4.78 is 16.0. The topological polar surface area (TPSA) is 158 Å². The Kier molecular flexibility index (Phi) is 9.39. The van der Waals surface area contributed by atoms with Crippen molar-refractivity contribution in [1.29, 1.82) is 0 Å². The molecular formula is C24H28N4O7S. The number of ether oxygens (including phenoxy) is 3. The number of primary amides is 1. The van der Waals surface area contributed by atoms with E-state index >= 15 is 0 Å². The van der Waals surface area contributed by atoms with Crippen LogP contribution in [0, 0.1) is 0 Å². The fourth-order valence-electron chi connectivity index (χ4n) is 3.59. The van der Waals surface area contributed by atoms with E-state index in [-0.39, 0.29) is 13.2 Å². The van der Waals surface area contributed by atoms with Crippen molar-refractivity contribution in [3.8, 4) is 11.5 Å². The molecule has 0 saturated carbocycles. The molecule has 3 rings (SSSR count). The van der Waals surface area contributed by atoms with Crippen LogP contribution in [0.1, 0.15) is 53.1 Å². The summed E-state index contributed by atoms with van der Waals surface area (Å²) in [5.41, 5.74) is 9.02. The second kappa shape index (κ2) is 12.7. The van der Waals surface area contributed by atoms with Crippen LogP contribution in [-0.4, -0.2) is 49.7 Å². The lowest BCUT2D eigenvalue weighted by molar-refractivity contribution is -0.136. The first-order valence-corrected chi connectivity index (χ1v) is 12.3. The van der Waals surface area contributed by atoms with Gasteiger partial charge in [-0.3, -0.25) is 14.4 Å². The summed E-state index contributed by atoms with van der Waals surface area (Å²) in [4.78, 5) is 49.3. The Balaban J connectivity index is 1.66. The monoisotopic (exact) mass is 516 g/mol. The molecule has 0 spiro atoms. The van der Waals surface area contributed by atoms with Crippen molar-refractivity contribution < 1.29 is 33.4 Å². The number of nitrogens with zero attached hydrogens (tertiary/aromatic N) is 1. The Hall–Kier alpha value is -3.93. The van der Waals surface area contributed by atoms with E-state index < -0.39 is 23.7 Å². The number of thiophene rings is 1. The van der Waals surface area contributed by atoms with E-state index in [9.17, 15) is 19.2 Å². The van der Waals surface area contributed by atoms with Crippen molar-refractivity contribution in [3.05, 3.63) is 39.8 Å². The number of carbonyl (C=O) groups is 4. The van der Waals surface area contributed by atoms with Crippen LogP contribution >= 0.6 is 11.3 Å². The van der Waals surface area contributed by atoms with Gasteiger partial charge in [0, 0.05) is 4.88 Å². The standard InChI is InChI=1S/C24H28N4O7S/c1-3-33-17-11-14(9-10-16(17)35-13-19(25)29)12-26-28-22(31)21(30)27-23-20(24(32)34-4-2)15-7-5-6-8-18(15)36-23/h9-12H,3-8,13H2,1-2H3,(H2,25,29)(H,27,30)(H,28,31)/b26-12+. The molecule has 1 heterocycles. The third kappa shape index (κ3) is 6.81. The minimum absolute atomic E-state index is 0.204. The molecule has 192 valence electrons. The van der Waals surface area contributed by atoms with Crippen LogP contribution in [0.2, 0.25) is 0 Å². The highest BCUT2D eigenvalue weighted by Crippen LogP contribution is 2.38. The number of carbonyl (C=O) groups excluding carboxylic acids is 4. The zero-order chi connectivity index (χ0) is 26.1. The van der Waals surface area contributed by atoms with Crippen molar-refractivity contribution in [2.45, 2.75) is 39.5 Å². The zero-order valence-electron chi connectivity index (χ0n) is 20.0. The van der Waals surface area contributed by atoms with Gasteiger partial charge in [-0.1, -0.05) is 0 Å². The minimum Gasteiger partial charge on any atom is -0.490 e. The van der Waals surface area contributed by atoms with Gasteiger partial charge in [-0.25, -0.2) is 10.2 Å². The Morgan fingerprint density at radius 2 is 1.83 bits per heavy atom. The fourth-order valence-corrected chi connectivity index (χ4v) is 4.86. The van der Waals surface area contributed by atoms with E-state index in [1.165, 1.54) is 17.6 Å². The quantitative estimate of drug-likeness (QED) is 0.189. The number of anilines is 1. The van der Waals surface area contributed by atoms with Crippen molar-refractivity contribution in [3.63, 3.8) is 0 Å². The molecule has 0 bridgehead atoms. The first-order chi connectivity index (χ1) is 17.3. The average molecular weight is 517 g/mol. The summed E-state index contributed by atoms with van der Waals surface area (Å²) >= 11 is 1.29. The van der Waals surface area contributed by atoms with Gasteiger partial charge >= 0.3 is 17.8 Å². The normalized spacial score (nSPS) is 12.5. The summed E-state index contributed by atoms with van der Waals surface area (Å²) in [5, 5.41) is 6.65. The number of fused-ring (bicyclic) bond motifs is 1. The summed E-state index contributed by atoms with van der Waals surface area (Å²) in [6.07, 6.45) is 4.81. The summed E-state index contributed by atoms with van der Waals surface area (Å²) in [6, 6.07) is 4.78. The molecule has 1 aromatic carbocycles. The lowest BCUT2D eigenvalue weighted by Gasteiger charge is -2.12. The van der Waals surface area contributed by atoms with Crippen LogP contribution in [0.15, 0.2) is 23.3 Å². The number of nitrogens with one attached hydrogen (secondary N) is 2. The van der Waals surface area contributed by atoms with E-state index in [1.807, 2.05) is 0 Å². The van der Waals surface area contributed by atoms with Gasteiger partial charge in [0.25, 0.3) is 5.91 Å². The molecule has 11 nitrogen and oxygen atoms in total. The molecule has 12 heteroatoms. The van der Waals surface area contributed by atoms with Gasteiger partial charge in [0.05, 0.1) is 25.0 Å². The molecule has 36 heavy (non-hydrogen) atoms. The molecule has 1 aromatic heterocycles. The first kappa shape index (κ1) is 26.7. The summed E-state index contributed by atoms with van der Waals surface area (Å²) in [5.74, 6) is -2.41. The van der Waals surface area contributed by atoms with Crippen LogP contribution < -0.4 is 25.9 Å². The first-order valence-electron chi connectivity index (χ1n) is 11.5. The molecular weight excluding hydrogens is 488 g/mol. The van der Waals surface area contributed by atoms with Crippen molar-refractivity contribution in [2.24, 2.45) is 10.8 Å². The smallest absolute Gasteiger partial charge is 0.341 e. The molecule has 2 aromatic rings.